The molecule has 0 aromatic heterocycles. The monoisotopic (exact) mass is 300 g/mol. The molecule has 0 aliphatic heterocycles. The molecule has 1 N–H and O–H groups in total. The minimum atomic E-state index is -0.651. The second kappa shape index (κ2) is 8.27. The first kappa shape index (κ1) is 16.1. The first-order valence-electron chi connectivity index (χ1n) is 5.99. The lowest BCUT2D eigenvalue weighted by atomic mass is 10.2. The van der Waals surface area contributed by atoms with Crippen molar-refractivity contribution in [2.75, 3.05) is 20.8 Å². The van der Waals surface area contributed by atoms with Gasteiger partial charge in [0.2, 0.25) is 0 Å². The first-order valence-corrected chi connectivity index (χ1v) is 6.37. The fourth-order valence-electron chi connectivity index (χ4n) is 1.36. The second-order valence-corrected chi connectivity index (χ2v) is 4.15. The standard InChI is InChI=1S/C13H17ClN2O4/c1-4-5-20-12-10(14)6-9(7-11(12)18-2)8-15-16-13(17)19-3/h6-8H,4-5H2,1-3H3,(H,16,17)/b15-8-. The normalized spacial score (nSPS) is 10.4. The Balaban J connectivity index is 2.89. The van der Waals surface area contributed by atoms with E-state index in [1.807, 2.05) is 6.92 Å². The average Bonchev–Trinajstić information content (AvgIpc) is 2.45. The molecular weight excluding hydrogens is 284 g/mol. The number of nitrogens with zero attached hydrogens (tertiary/aromatic N) is 1. The number of benzene rings is 1. The number of amides is 1. The number of halogens is 1. The SMILES string of the molecule is CCCOc1c(Cl)cc(/C=N\NC(=O)OC)cc1OC. The molecule has 1 rings (SSSR count). The highest BCUT2D eigenvalue weighted by Crippen LogP contribution is 2.36. The smallest absolute Gasteiger partial charge is 0.427 e. The van der Waals surface area contributed by atoms with E-state index in [1.165, 1.54) is 20.4 Å². The number of rotatable bonds is 6. The second-order valence-electron chi connectivity index (χ2n) is 3.74. The lowest BCUT2D eigenvalue weighted by Gasteiger charge is -2.12. The zero-order valence-electron chi connectivity index (χ0n) is 11.6. The molecular formula is C13H17ClN2O4. The Morgan fingerprint density at radius 3 is 2.80 bits per heavy atom. The Morgan fingerprint density at radius 2 is 2.20 bits per heavy atom. The molecule has 0 unspecified atom stereocenters. The van der Waals surface area contributed by atoms with Gasteiger partial charge in [0.25, 0.3) is 0 Å². The number of nitrogens with one attached hydrogen (secondary N) is 1. The predicted molar refractivity (Wildman–Crippen MR) is 76.9 cm³/mol. The summed E-state index contributed by atoms with van der Waals surface area (Å²) >= 11 is 6.14. The first-order chi connectivity index (χ1) is 9.62. The van der Waals surface area contributed by atoms with Crippen molar-refractivity contribution in [1.29, 1.82) is 0 Å². The summed E-state index contributed by atoms with van der Waals surface area (Å²) in [6, 6.07) is 3.37. The fourth-order valence-corrected chi connectivity index (χ4v) is 1.64. The van der Waals surface area contributed by atoms with Crippen LogP contribution in [0.4, 0.5) is 4.79 Å². The van der Waals surface area contributed by atoms with Gasteiger partial charge in [0.1, 0.15) is 0 Å². The summed E-state index contributed by atoms with van der Waals surface area (Å²) < 4.78 is 15.1. The van der Waals surface area contributed by atoms with Gasteiger partial charge in [-0.05, 0) is 24.1 Å². The quantitative estimate of drug-likeness (QED) is 0.648. The van der Waals surface area contributed by atoms with E-state index in [9.17, 15) is 4.79 Å². The summed E-state index contributed by atoms with van der Waals surface area (Å²) in [6.07, 6.45) is 1.64. The van der Waals surface area contributed by atoms with Crippen LogP contribution in [0.2, 0.25) is 5.02 Å². The van der Waals surface area contributed by atoms with Gasteiger partial charge in [-0.2, -0.15) is 5.10 Å². The molecule has 0 radical (unpaired) electrons. The van der Waals surface area contributed by atoms with Gasteiger partial charge in [0.15, 0.2) is 11.5 Å². The molecule has 0 bridgehead atoms. The van der Waals surface area contributed by atoms with Crippen molar-refractivity contribution in [1.82, 2.24) is 5.43 Å². The zero-order chi connectivity index (χ0) is 15.0. The number of carbonyl (C=O) groups excluding carboxylic acids is 1. The number of hydrazone groups is 1. The van der Waals surface area contributed by atoms with E-state index in [-0.39, 0.29) is 0 Å². The Bertz CT molecular complexity index is 492. The van der Waals surface area contributed by atoms with Crippen LogP contribution in [0.3, 0.4) is 0 Å². The molecule has 0 spiro atoms. The van der Waals surface area contributed by atoms with Crippen molar-refractivity contribution in [3.63, 3.8) is 0 Å². The molecule has 0 aliphatic carbocycles. The summed E-state index contributed by atoms with van der Waals surface area (Å²) in [4.78, 5) is 10.8. The fraction of sp³-hybridized carbons (Fsp3) is 0.385. The maximum absolute atomic E-state index is 10.8. The molecule has 0 aliphatic rings. The highest BCUT2D eigenvalue weighted by molar-refractivity contribution is 6.32. The minimum absolute atomic E-state index is 0.414. The van der Waals surface area contributed by atoms with Gasteiger partial charge in [0.05, 0.1) is 32.1 Å². The lowest BCUT2D eigenvalue weighted by molar-refractivity contribution is 0.171. The Hall–Kier alpha value is -1.95. The molecule has 7 heteroatoms. The van der Waals surface area contributed by atoms with Crippen LogP contribution in [-0.4, -0.2) is 33.1 Å². The number of ether oxygens (including phenoxy) is 3. The van der Waals surface area contributed by atoms with Gasteiger partial charge in [-0.15, -0.1) is 0 Å². The van der Waals surface area contributed by atoms with Crippen LogP contribution >= 0.6 is 11.6 Å². The summed E-state index contributed by atoms with van der Waals surface area (Å²) in [6.45, 7) is 2.55. The Kier molecular flexibility index (Phi) is 6.66. The van der Waals surface area contributed by atoms with E-state index in [1.54, 1.807) is 12.1 Å². The molecule has 110 valence electrons. The molecule has 0 saturated carbocycles. The van der Waals surface area contributed by atoms with Gasteiger partial charge in [-0.1, -0.05) is 18.5 Å². The zero-order valence-corrected chi connectivity index (χ0v) is 12.4. The lowest BCUT2D eigenvalue weighted by Crippen LogP contribution is -2.16. The van der Waals surface area contributed by atoms with Crippen LogP contribution in [0.15, 0.2) is 17.2 Å². The largest absolute Gasteiger partial charge is 0.493 e. The molecule has 1 aromatic carbocycles. The molecule has 0 fully saturated rings. The minimum Gasteiger partial charge on any atom is -0.493 e. The highest BCUT2D eigenvalue weighted by atomic mass is 35.5. The molecule has 20 heavy (non-hydrogen) atoms. The van der Waals surface area contributed by atoms with Crippen LogP contribution in [0.25, 0.3) is 0 Å². The van der Waals surface area contributed by atoms with Gasteiger partial charge < -0.3 is 14.2 Å². The number of methoxy groups -OCH3 is 2. The summed E-state index contributed by atoms with van der Waals surface area (Å²) in [5.41, 5.74) is 2.84. The van der Waals surface area contributed by atoms with Crippen molar-refractivity contribution in [3.8, 4) is 11.5 Å². The van der Waals surface area contributed by atoms with Crippen LogP contribution in [0.5, 0.6) is 11.5 Å². The van der Waals surface area contributed by atoms with Crippen molar-refractivity contribution >= 4 is 23.9 Å². The van der Waals surface area contributed by atoms with Crippen LogP contribution in [0, 0.1) is 0 Å². The van der Waals surface area contributed by atoms with E-state index in [0.29, 0.717) is 28.7 Å². The summed E-state index contributed by atoms with van der Waals surface area (Å²) in [7, 11) is 2.78. The van der Waals surface area contributed by atoms with Crippen molar-refractivity contribution < 1.29 is 19.0 Å². The maximum atomic E-state index is 10.8. The summed E-state index contributed by atoms with van der Waals surface area (Å²) in [5.74, 6) is 1.000. The average molecular weight is 301 g/mol. The maximum Gasteiger partial charge on any atom is 0.427 e. The van der Waals surface area contributed by atoms with Crippen molar-refractivity contribution in [2.24, 2.45) is 5.10 Å². The van der Waals surface area contributed by atoms with Crippen LogP contribution < -0.4 is 14.9 Å². The number of carbonyl (C=O) groups is 1. The molecule has 0 saturated heterocycles. The van der Waals surface area contributed by atoms with Gasteiger partial charge >= 0.3 is 6.09 Å². The van der Waals surface area contributed by atoms with Crippen LogP contribution in [0.1, 0.15) is 18.9 Å². The van der Waals surface area contributed by atoms with E-state index in [4.69, 9.17) is 21.1 Å². The highest BCUT2D eigenvalue weighted by Gasteiger charge is 2.11. The van der Waals surface area contributed by atoms with E-state index >= 15 is 0 Å². The van der Waals surface area contributed by atoms with E-state index < -0.39 is 6.09 Å². The molecule has 6 nitrogen and oxygen atoms in total. The van der Waals surface area contributed by atoms with Crippen LogP contribution in [-0.2, 0) is 4.74 Å². The van der Waals surface area contributed by atoms with Gasteiger partial charge in [0, 0.05) is 0 Å². The number of hydrogen-bond donors (Lipinski definition) is 1. The third-order valence-corrected chi connectivity index (χ3v) is 2.54. The topological polar surface area (TPSA) is 69.2 Å². The third kappa shape index (κ3) is 4.62. The van der Waals surface area contributed by atoms with Crippen molar-refractivity contribution in [2.45, 2.75) is 13.3 Å². The summed E-state index contributed by atoms with van der Waals surface area (Å²) in [5, 5.41) is 4.13. The third-order valence-electron chi connectivity index (χ3n) is 2.26. The Labute approximate surface area is 122 Å². The van der Waals surface area contributed by atoms with E-state index in [0.717, 1.165) is 6.42 Å². The molecule has 1 aromatic rings. The Morgan fingerprint density at radius 1 is 1.45 bits per heavy atom. The number of hydrogen-bond acceptors (Lipinski definition) is 5. The molecule has 0 heterocycles. The van der Waals surface area contributed by atoms with E-state index in [2.05, 4.69) is 15.3 Å². The van der Waals surface area contributed by atoms with Crippen molar-refractivity contribution in [3.05, 3.63) is 22.7 Å². The molecule has 1 amide bonds. The van der Waals surface area contributed by atoms with Gasteiger partial charge in [-0.25, -0.2) is 10.2 Å². The molecule has 0 atom stereocenters. The predicted octanol–water partition coefficient (Wildman–Crippen LogP) is 2.83. The van der Waals surface area contributed by atoms with Gasteiger partial charge in [-0.3, -0.25) is 0 Å².